The molecule has 8 aromatic rings. The van der Waals surface area contributed by atoms with Gasteiger partial charge in [-0.05, 0) is 42.5 Å². The van der Waals surface area contributed by atoms with E-state index < -0.39 is 0 Å². The Morgan fingerprint density at radius 1 is 0.543 bits per heavy atom. The molecule has 4 heteroatoms. The summed E-state index contributed by atoms with van der Waals surface area (Å²) in [5.74, 6) is 0. The summed E-state index contributed by atoms with van der Waals surface area (Å²) in [6.45, 7) is 0. The minimum Gasteiger partial charge on any atom is -0.456 e. The Morgan fingerprint density at radius 3 is 2.23 bits per heavy atom. The van der Waals surface area contributed by atoms with Gasteiger partial charge in [-0.1, -0.05) is 60.7 Å². The minimum absolute atomic E-state index is 0.893. The van der Waals surface area contributed by atoms with Crippen LogP contribution >= 0.6 is 0 Å². The van der Waals surface area contributed by atoms with Crippen molar-refractivity contribution in [2.45, 2.75) is 0 Å². The first-order valence-electron chi connectivity index (χ1n) is 11.7. The fourth-order valence-corrected chi connectivity index (χ4v) is 5.45. The number of nitrogens with zero attached hydrogens (tertiary/aromatic N) is 3. The van der Waals surface area contributed by atoms with Crippen LogP contribution in [0.2, 0.25) is 0 Å². The molecule has 0 saturated carbocycles. The zero-order valence-electron chi connectivity index (χ0n) is 18.7. The van der Waals surface area contributed by atoms with Crippen LogP contribution in [0.5, 0.6) is 0 Å². The molecule has 0 unspecified atom stereocenters. The minimum atomic E-state index is 0.893. The maximum Gasteiger partial charge on any atom is 0.137 e. The Bertz CT molecular complexity index is 2060. The van der Waals surface area contributed by atoms with E-state index >= 15 is 0 Å². The van der Waals surface area contributed by atoms with Gasteiger partial charge >= 0.3 is 0 Å². The van der Waals surface area contributed by atoms with Gasteiger partial charge < -0.3 is 8.98 Å². The van der Waals surface area contributed by atoms with Crippen LogP contribution in [0.3, 0.4) is 0 Å². The van der Waals surface area contributed by atoms with Crippen LogP contribution in [0.1, 0.15) is 0 Å². The highest BCUT2D eigenvalue weighted by atomic mass is 16.3. The van der Waals surface area contributed by atoms with Crippen molar-refractivity contribution in [3.8, 4) is 11.4 Å². The first-order valence-corrected chi connectivity index (χ1v) is 11.7. The Balaban J connectivity index is 1.49. The van der Waals surface area contributed by atoms with Gasteiger partial charge in [-0.25, -0.2) is 4.98 Å². The molecule has 0 fully saturated rings. The number of hydrogen-bond acceptors (Lipinski definition) is 2. The highest BCUT2D eigenvalue weighted by molar-refractivity contribution is 6.17. The van der Waals surface area contributed by atoms with Crippen molar-refractivity contribution in [1.29, 1.82) is 0 Å². The Kier molecular flexibility index (Phi) is 3.63. The number of aromatic nitrogens is 3. The molecule has 0 N–H and O–H groups in total. The van der Waals surface area contributed by atoms with E-state index in [9.17, 15) is 0 Å². The molecule has 5 aromatic carbocycles. The van der Waals surface area contributed by atoms with E-state index in [-0.39, 0.29) is 0 Å². The summed E-state index contributed by atoms with van der Waals surface area (Å²) in [6.07, 6.45) is 1.91. The molecule has 0 atom stereocenters. The first-order chi connectivity index (χ1) is 17.4. The van der Waals surface area contributed by atoms with E-state index in [0.29, 0.717) is 0 Å². The number of rotatable bonds is 2. The number of imidazole rings is 1. The van der Waals surface area contributed by atoms with Crippen molar-refractivity contribution >= 4 is 54.8 Å². The second kappa shape index (κ2) is 6.84. The summed E-state index contributed by atoms with van der Waals surface area (Å²) in [4.78, 5) is 4.88. The standard InChI is InChI=1S/C31H19N3O/c1-2-9-20(10-3-1)33-19-32-31-26(33)14-8-15-27(31)34-25-13-6-4-11-21(25)23-17-24-22-12-5-7-16-29(22)35-30(24)18-28(23)34/h1-19H. The largest absolute Gasteiger partial charge is 0.456 e. The van der Waals surface area contributed by atoms with Gasteiger partial charge in [-0.2, -0.15) is 0 Å². The maximum absolute atomic E-state index is 6.26. The van der Waals surface area contributed by atoms with E-state index in [0.717, 1.165) is 55.4 Å². The molecule has 0 aliphatic rings. The zero-order chi connectivity index (χ0) is 22.9. The van der Waals surface area contributed by atoms with Gasteiger partial charge in [0.1, 0.15) is 23.0 Å². The molecule has 164 valence electrons. The highest BCUT2D eigenvalue weighted by Gasteiger charge is 2.18. The lowest BCUT2D eigenvalue weighted by molar-refractivity contribution is 0.669. The molecule has 35 heavy (non-hydrogen) atoms. The fourth-order valence-electron chi connectivity index (χ4n) is 5.45. The molecule has 0 aliphatic heterocycles. The van der Waals surface area contributed by atoms with E-state index in [1.54, 1.807) is 0 Å². The molecule has 0 bridgehead atoms. The van der Waals surface area contributed by atoms with Crippen LogP contribution in [-0.4, -0.2) is 14.1 Å². The molecular weight excluding hydrogens is 430 g/mol. The second-order valence-corrected chi connectivity index (χ2v) is 8.91. The van der Waals surface area contributed by atoms with Crippen molar-refractivity contribution in [2.24, 2.45) is 0 Å². The quantitative estimate of drug-likeness (QED) is 0.268. The number of para-hydroxylation sites is 4. The Hall–Kier alpha value is -4.83. The molecule has 8 rings (SSSR count). The van der Waals surface area contributed by atoms with Crippen molar-refractivity contribution in [3.05, 3.63) is 116 Å². The SMILES string of the molecule is c1ccc(-n2cnc3c(-n4c5ccccc5c5cc6c(cc54)oc4ccccc46)cccc32)cc1. The smallest absolute Gasteiger partial charge is 0.137 e. The fraction of sp³-hybridized carbons (Fsp3) is 0. The van der Waals surface area contributed by atoms with Gasteiger partial charge in [0.25, 0.3) is 0 Å². The third-order valence-corrected chi connectivity index (χ3v) is 7.00. The lowest BCUT2D eigenvalue weighted by atomic mass is 10.1. The molecule has 0 radical (unpaired) electrons. The van der Waals surface area contributed by atoms with E-state index in [4.69, 9.17) is 9.40 Å². The van der Waals surface area contributed by atoms with Crippen LogP contribution < -0.4 is 0 Å². The van der Waals surface area contributed by atoms with Gasteiger partial charge in [0.15, 0.2) is 0 Å². The highest BCUT2D eigenvalue weighted by Crippen LogP contribution is 2.39. The molecule has 0 aliphatic carbocycles. The van der Waals surface area contributed by atoms with Crippen LogP contribution in [0.15, 0.2) is 120 Å². The third-order valence-electron chi connectivity index (χ3n) is 7.00. The Morgan fingerprint density at radius 2 is 1.31 bits per heavy atom. The number of fused-ring (bicyclic) bond motifs is 7. The molecule has 0 spiro atoms. The number of hydrogen-bond donors (Lipinski definition) is 0. The van der Waals surface area contributed by atoms with Crippen molar-refractivity contribution in [1.82, 2.24) is 14.1 Å². The summed E-state index contributed by atoms with van der Waals surface area (Å²) in [5.41, 5.74) is 8.26. The normalized spacial score (nSPS) is 12.0. The monoisotopic (exact) mass is 449 g/mol. The number of benzene rings is 5. The summed E-state index contributed by atoms with van der Waals surface area (Å²) in [5, 5.41) is 4.71. The summed E-state index contributed by atoms with van der Waals surface area (Å²) in [6, 6.07) is 38.0. The van der Waals surface area contributed by atoms with Crippen molar-refractivity contribution in [2.75, 3.05) is 0 Å². The maximum atomic E-state index is 6.26. The van der Waals surface area contributed by atoms with E-state index in [1.807, 2.05) is 24.5 Å². The van der Waals surface area contributed by atoms with Crippen molar-refractivity contribution < 1.29 is 4.42 Å². The summed E-state index contributed by atoms with van der Waals surface area (Å²) >= 11 is 0. The van der Waals surface area contributed by atoms with Crippen LogP contribution in [-0.2, 0) is 0 Å². The molecule has 3 heterocycles. The molecule has 0 saturated heterocycles. The van der Waals surface area contributed by atoms with Gasteiger partial charge in [0.05, 0.1) is 22.2 Å². The second-order valence-electron chi connectivity index (χ2n) is 8.91. The van der Waals surface area contributed by atoms with Gasteiger partial charge in [0, 0.05) is 33.3 Å². The summed E-state index contributed by atoms with van der Waals surface area (Å²) in [7, 11) is 0. The lowest BCUT2D eigenvalue weighted by Gasteiger charge is -2.10. The van der Waals surface area contributed by atoms with Crippen LogP contribution in [0, 0.1) is 0 Å². The van der Waals surface area contributed by atoms with Gasteiger partial charge in [-0.15, -0.1) is 0 Å². The predicted molar refractivity (Wildman–Crippen MR) is 143 cm³/mol. The average Bonchev–Trinajstić information content (AvgIpc) is 3.59. The molecular formula is C31H19N3O. The van der Waals surface area contributed by atoms with E-state index in [2.05, 4.69) is 100 Å². The van der Waals surface area contributed by atoms with Crippen LogP contribution in [0.25, 0.3) is 66.2 Å². The van der Waals surface area contributed by atoms with E-state index in [1.165, 1.54) is 10.8 Å². The number of furan rings is 1. The third kappa shape index (κ3) is 2.53. The van der Waals surface area contributed by atoms with Gasteiger partial charge in [-0.3, -0.25) is 4.57 Å². The zero-order valence-corrected chi connectivity index (χ0v) is 18.7. The topological polar surface area (TPSA) is 35.9 Å². The summed E-state index contributed by atoms with van der Waals surface area (Å²) < 4.78 is 10.7. The van der Waals surface area contributed by atoms with Crippen molar-refractivity contribution in [3.63, 3.8) is 0 Å². The lowest BCUT2D eigenvalue weighted by Crippen LogP contribution is -1.96. The molecule has 4 nitrogen and oxygen atoms in total. The molecule has 3 aromatic heterocycles. The van der Waals surface area contributed by atoms with Crippen LogP contribution in [0.4, 0.5) is 0 Å². The Labute approximate surface area is 200 Å². The predicted octanol–water partition coefficient (Wildman–Crippen LogP) is 8.02. The van der Waals surface area contributed by atoms with Gasteiger partial charge in [0.2, 0.25) is 0 Å². The molecule has 0 amide bonds. The first kappa shape index (κ1) is 18.6. The average molecular weight is 450 g/mol.